The molecule has 0 unspecified atom stereocenters. The first-order valence-corrected chi connectivity index (χ1v) is 9.00. The van der Waals surface area contributed by atoms with Gasteiger partial charge in [-0.25, -0.2) is 0 Å². The van der Waals surface area contributed by atoms with E-state index in [2.05, 4.69) is 4.98 Å². The van der Waals surface area contributed by atoms with E-state index >= 15 is 0 Å². The van der Waals surface area contributed by atoms with E-state index in [1.54, 1.807) is 17.0 Å². The van der Waals surface area contributed by atoms with E-state index < -0.39 is 5.72 Å². The molecule has 2 amide bonds. The minimum Gasteiger partial charge on any atom is -0.353 e. The van der Waals surface area contributed by atoms with Crippen LogP contribution in [0.2, 0.25) is 5.02 Å². The second kappa shape index (κ2) is 5.22. The zero-order valence-electron chi connectivity index (χ0n) is 13.6. The van der Waals surface area contributed by atoms with Crippen LogP contribution in [0.25, 0.3) is 10.9 Å². The monoisotopic (exact) mass is 359 g/mol. The molecule has 1 aromatic heterocycles. The number of rotatable bonds is 1. The van der Waals surface area contributed by atoms with Gasteiger partial charge in [0.25, 0.3) is 5.91 Å². The second-order valence-electron chi connectivity index (χ2n) is 6.94. The SMILES string of the molecule is O=C(c1cc2c(Cl)cccc2[nH]1)N1CC[C@@]23OCCCN2C(=O)C[C@@H]13. The molecule has 0 aliphatic carbocycles. The maximum absolute atomic E-state index is 13.1. The fourth-order valence-electron chi connectivity index (χ4n) is 4.58. The summed E-state index contributed by atoms with van der Waals surface area (Å²) in [5, 5.41) is 1.45. The number of halogens is 1. The summed E-state index contributed by atoms with van der Waals surface area (Å²) in [4.78, 5) is 32.3. The Morgan fingerprint density at radius 2 is 2.24 bits per heavy atom. The van der Waals surface area contributed by atoms with Gasteiger partial charge in [-0.1, -0.05) is 17.7 Å². The number of carbonyl (C=O) groups is 2. The van der Waals surface area contributed by atoms with Gasteiger partial charge in [-0.15, -0.1) is 0 Å². The van der Waals surface area contributed by atoms with Crippen LogP contribution in [-0.2, 0) is 9.53 Å². The van der Waals surface area contributed by atoms with Gasteiger partial charge in [0.2, 0.25) is 5.91 Å². The highest BCUT2D eigenvalue weighted by molar-refractivity contribution is 6.35. The van der Waals surface area contributed by atoms with Gasteiger partial charge in [0.1, 0.15) is 5.69 Å². The topological polar surface area (TPSA) is 65.6 Å². The van der Waals surface area contributed by atoms with Crippen molar-refractivity contribution < 1.29 is 14.3 Å². The summed E-state index contributed by atoms with van der Waals surface area (Å²) < 4.78 is 6.06. The number of H-pyrrole nitrogens is 1. The molecule has 3 saturated heterocycles. The van der Waals surface area contributed by atoms with Crippen molar-refractivity contribution in [3.63, 3.8) is 0 Å². The van der Waals surface area contributed by atoms with Crippen molar-refractivity contribution in [2.24, 2.45) is 0 Å². The molecule has 7 heteroatoms. The highest BCUT2D eigenvalue weighted by Crippen LogP contribution is 2.45. The molecule has 5 rings (SSSR count). The Bertz CT molecular complexity index is 895. The molecule has 2 atom stereocenters. The molecule has 0 saturated carbocycles. The van der Waals surface area contributed by atoms with E-state index in [-0.39, 0.29) is 17.9 Å². The Labute approximate surface area is 149 Å². The van der Waals surface area contributed by atoms with Crippen LogP contribution in [0.4, 0.5) is 0 Å². The van der Waals surface area contributed by atoms with Gasteiger partial charge in [-0.05, 0) is 24.6 Å². The van der Waals surface area contributed by atoms with E-state index in [0.29, 0.717) is 36.7 Å². The van der Waals surface area contributed by atoms with Crippen molar-refractivity contribution in [3.05, 3.63) is 35.0 Å². The number of likely N-dealkylation sites (tertiary alicyclic amines) is 1. The van der Waals surface area contributed by atoms with Gasteiger partial charge in [-0.2, -0.15) is 0 Å². The lowest BCUT2D eigenvalue weighted by Crippen LogP contribution is -2.56. The third-order valence-corrected chi connectivity index (χ3v) is 6.04. The fourth-order valence-corrected chi connectivity index (χ4v) is 4.81. The van der Waals surface area contributed by atoms with Crippen LogP contribution in [0.15, 0.2) is 24.3 Å². The van der Waals surface area contributed by atoms with Crippen molar-refractivity contribution in [1.29, 1.82) is 0 Å². The summed E-state index contributed by atoms with van der Waals surface area (Å²) in [5.41, 5.74) is 0.721. The third-order valence-electron chi connectivity index (χ3n) is 5.71. The number of nitrogens with zero attached hydrogens (tertiary/aromatic N) is 2. The van der Waals surface area contributed by atoms with Crippen molar-refractivity contribution in [3.8, 4) is 0 Å². The first kappa shape index (κ1) is 15.2. The second-order valence-corrected chi connectivity index (χ2v) is 7.35. The minimum atomic E-state index is -0.616. The molecule has 3 aliphatic heterocycles. The number of nitrogens with one attached hydrogen (secondary N) is 1. The lowest BCUT2D eigenvalue weighted by Gasteiger charge is -2.42. The summed E-state index contributed by atoms with van der Waals surface area (Å²) in [7, 11) is 0. The maximum Gasteiger partial charge on any atom is 0.270 e. The van der Waals surface area contributed by atoms with Crippen LogP contribution < -0.4 is 0 Å². The van der Waals surface area contributed by atoms with E-state index in [9.17, 15) is 9.59 Å². The maximum atomic E-state index is 13.1. The van der Waals surface area contributed by atoms with Crippen molar-refractivity contribution >= 4 is 34.3 Å². The van der Waals surface area contributed by atoms with Crippen LogP contribution in [0.1, 0.15) is 29.8 Å². The zero-order chi connectivity index (χ0) is 17.2. The van der Waals surface area contributed by atoms with E-state index in [1.807, 2.05) is 17.0 Å². The van der Waals surface area contributed by atoms with Crippen molar-refractivity contribution in [2.75, 3.05) is 19.7 Å². The van der Waals surface area contributed by atoms with Gasteiger partial charge in [0.15, 0.2) is 5.72 Å². The number of carbonyl (C=O) groups excluding carboxylic acids is 2. The van der Waals surface area contributed by atoms with Gasteiger partial charge in [0.05, 0.1) is 19.1 Å². The molecular weight excluding hydrogens is 342 g/mol. The quantitative estimate of drug-likeness (QED) is 0.850. The first-order chi connectivity index (χ1) is 12.1. The number of benzene rings is 1. The third kappa shape index (κ3) is 2.01. The number of hydrogen-bond acceptors (Lipinski definition) is 3. The molecule has 2 aromatic rings. The van der Waals surface area contributed by atoms with Gasteiger partial charge >= 0.3 is 0 Å². The predicted molar refractivity (Wildman–Crippen MR) is 92.4 cm³/mol. The Balaban J connectivity index is 1.50. The lowest BCUT2D eigenvalue weighted by atomic mass is 10.0. The minimum absolute atomic E-state index is 0.0851. The molecule has 4 heterocycles. The van der Waals surface area contributed by atoms with Crippen LogP contribution in [0.5, 0.6) is 0 Å². The predicted octanol–water partition coefficient (Wildman–Crippen LogP) is 2.38. The van der Waals surface area contributed by atoms with E-state index in [1.165, 1.54) is 0 Å². The number of aromatic nitrogens is 1. The Kier molecular flexibility index (Phi) is 3.18. The van der Waals surface area contributed by atoms with Crippen molar-refractivity contribution in [2.45, 2.75) is 31.0 Å². The summed E-state index contributed by atoms with van der Waals surface area (Å²) >= 11 is 6.22. The summed E-state index contributed by atoms with van der Waals surface area (Å²) in [6.07, 6.45) is 1.87. The fraction of sp³-hybridized carbons (Fsp3) is 0.444. The van der Waals surface area contributed by atoms with E-state index in [0.717, 1.165) is 23.9 Å². The highest BCUT2D eigenvalue weighted by Gasteiger charge is 2.61. The molecule has 3 fully saturated rings. The molecule has 3 aliphatic rings. The van der Waals surface area contributed by atoms with Crippen LogP contribution in [0, 0.1) is 0 Å². The van der Waals surface area contributed by atoms with Gasteiger partial charge in [-0.3, -0.25) is 9.59 Å². The molecule has 25 heavy (non-hydrogen) atoms. The molecular formula is C18H18ClN3O3. The normalized spacial score (nSPS) is 28.5. The largest absolute Gasteiger partial charge is 0.353 e. The van der Waals surface area contributed by atoms with E-state index in [4.69, 9.17) is 16.3 Å². The number of fused-ring (bicyclic) bond motifs is 1. The Morgan fingerprint density at radius 1 is 1.36 bits per heavy atom. The van der Waals surface area contributed by atoms with Crippen molar-refractivity contribution in [1.82, 2.24) is 14.8 Å². The molecule has 130 valence electrons. The first-order valence-electron chi connectivity index (χ1n) is 8.63. The Morgan fingerprint density at radius 3 is 3.08 bits per heavy atom. The average molecular weight is 360 g/mol. The molecule has 0 radical (unpaired) electrons. The molecule has 1 spiro atoms. The standard InChI is InChI=1S/C18H18ClN3O3/c19-12-3-1-4-13-11(12)9-14(20-13)17(24)21-7-5-18-15(21)10-16(23)22(18)6-2-8-25-18/h1,3-4,9,15,20H,2,5-8,10H2/t15-,18+/m1/s1. The number of amides is 2. The summed E-state index contributed by atoms with van der Waals surface area (Å²) in [5.74, 6) is -0.0140. The Hall–Kier alpha value is -2.05. The zero-order valence-corrected chi connectivity index (χ0v) is 14.4. The summed E-state index contributed by atoms with van der Waals surface area (Å²) in [6, 6.07) is 7.13. The number of aromatic amines is 1. The molecule has 1 N–H and O–H groups in total. The van der Waals surface area contributed by atoms with Crippen LogP contribution >= 0.6 is 11.6 Å². The smallest absolute Gasteiger partial charge is 0.270 e. The molecule has 0 bridgehead atoms. The van der Waals surface area contributed by atoms with Crippen LogP contribution in [-0.4, -0.2) is 58.1 Å². The lowest BCUT2D eigenvalue weighted by molar-refractivity contribution is -0.179. The summed E-state index contributed by atoms with van der Waals surface area (Å²) in [6.45, 7) is 1.96. The number of hydrogen-bond donors (Lipinski definition) is 1. The van der Waals surface area contributed by atoms with Crippen LogP contribution in [0.3, 0.4) is 0 Å². The highest BCUT2D eigenvalue weighted by atomic mass is 35.5. The van der Waals surface area contributed by atoms with Gasteiger partial charge < -0.3 is 19.5 Å². The van der Waals surface area contributed by atoms with Gasteiger partial charge in [0, 0.05) is 35.4 Å². The molecule has 6 nitrogen and oxygen atoms in total. The number of ether oxygens (including phenoxy) is 1. The average Bonchev–Trinajstić information content (AvgIpc) is 3.26. The molecule has 1 aromatic carbocycles.